The third kappa shape index (κ3) is 4.01. The molecule has 1 aliphatic carbocycles. The molecule has 2 aliphatic heterocycles. The molecule has 2 saturated heterocycles. The molecule has 27 heavy (non-hydrogen) atoms. The molecule has 6 heteroatoms. The van der Waals surface area contributed by atoms with E-state index in [9.17, 15) is 10.1 Å². The number of benzene rings is 1. The second-order valence-corrected chi connectivity index (χ2v) is 8.39. The highest BCUT2D eigenvalue weighted by Gasteiger charge is 2.49. The van der Waals surface area contributed by atoms with Crippen LogP contribution < -0.4 is 5.32 Å². The summed E-state index contributed by atoms with van der Waals surface area (Å²) in [6.07, 6.45) is 3.92. The minimum absolute atomic E-state index is 0.0771. The van der Waals surface area contributed by atoms with Gasteiger partial charge in [-0.05, 0) is 24.8 Å². The predicted molar refractivity (Wildman–Crippen MR) is 102 cm³/mol. The summed E-state index contributed by atoms with van der Waals surface area (Å²) in [6.45, 7) is 3.45. The Morgan fingerprint density at radius 1 is 1.26 bits per heavy atom. The number of nitrogens with one attached hydrogen (secondary N) is 1. The zero-order chi connectivity index (χ0) is 18.9. The lowest BCUT2D eigenvalue weighted by Gasteiger charge is -2.56. The van der Waals surface area contributed by atoms with E-state index in [4.69, 9.17) is 5.11 Å². The summed E-state index contributed by atoms with van der Waals surface area (Å²) < 4.78 is 0. The Bertz CT molecular complexity index is 703. The first kappa shape index (κ1) is 18.4. The monoisotopic (exact) mass is 368 g/mol. The van der Waals surface area contributed by atoms with E-state index in [1.807, 2.05) is 4.90 Å². The molecule has 144 valence electrons. The molecular formula is C21H28N4O2. The van der Waals surface area contributed by atoms with Gasteiger partial charge in [0.15, 0.2) is 0 Å². The lowest BCUT2D eigenvalue weighted by molar-refractivity contribution is -0.143. The summed E-state index contributed by atoms with van der Waals surface area (Å²) in [4.78, 5) is 15.3. The number of aliphatic carboxylic acids is 1. The maximum Gasteiger partial charge on any atom is 0.317 e. The summed E-state index contributed by atoms with van der Waals surface area (Å²) >= 11 is 0. The fraction of sp³-hybridized carbons (Fsp3) is 0.619. The molecule has 0 spiro atoms. The summed E-state index contributed by atoms with van der Waals surface area (Å²) in [7, 11) is 0. The van der Waals surface area contributed by atoms with Gasteiger partial charge >= 0.3 is 5.97 Å². The quantitative estimate of drug-likeness (QED) is 0.762. The van der Waals surface area contributed by atoms with E-state index in [1.165, 1.54) is 12.0 Å². The molecule has 2 atom stereocenters. The number of carboxylic acid groups (broad SMARTS) is 1. The molecule has 1 saturated carbocycles. The molecule has 6 nitrogen and oxygen atoms in total. The van der Waals surface area contributed by atoms with Crippen molar-refractivity contribution in [2.45, 2.75) is 49.2 Å². The van der Waals surface area contributed by atoms with Crippen LogP contribution >= 0.6 is 0 Å². The molecule has 4 rings (SSSR count). The van der Waals surface area contributed by atoms with E-state index < -0.39 is 5.97 Å². The van der Waals surface area contributed by atoms with Crippen molar-refractivity contribution >= 4 is 5.97 Å². The Hall–Kier alpha value is -1.94. The van der Waals surface area contributed by atoms with Gasteiger partial charge in [-0.25, -0.2) is 0 Å². The van der Waals surface area contributed by atoms with Crippen LogP contribution in [-0.4, -0.2) is 71.2 Å². The zero-order valence-corrected chi connectivity index (χ0v) is 15.7. The number of likely N-dealkylation sites (tertiary alicyclic amines) is 2. The second kappa shape index (κ2) is 7.59. The molecule has 0 aromatic heterocycles. The number of hydrogen-bond acceptors (Lipinski definition) is 5. The average Bonchev–Trinajstić information content (AvgIpc) is 3.40. The van der Waals surface area contributed by atoms with E-state index in [2.05, 4.69) is 46.6 Å². The minimum atomic E-state index is -0.791. The molecule has 1 unspecified atom stereocenters. The Balaban J connectivity index is 1.25. The number of piperidine rings is 1. The summed E-state index contributed by atoms with van der Waals surface area (Å²) in [5, 5.41) is 22.1. The van der Waals surface area contributed by atoms with Crippen molar-refractivity contribution in [1.82, 2.24) is 15.1 Å². The number of carbonyl (C=O) groups is 1. The normalized spacial score (nSPS) is 28.3. The fourth-order valence-electron chi connectivity index (χ4n) is 4.93. The summed E-state index contributed by atoms with van der Waals surface area (Å²) in [6, 6.07) is 14.2. The smallest absolute Gasteiger partial charge is 0.317 e. The first-order valence-electron chi connectivity index (χ1n) is 9.97. The van der Waals surface area contributed by atoms with Gasteiger partial charge in [-0.1, -0.05) is 30.3 Å². The molecule has 0 amide bonds. The highest BCUT2D eigenvalue weighted by molar-refractivity contribution is 5.69. The molecule has 2 N–H and O–H groups in total. The maximum absolute atomic E-state index is 10.9. The van der Waals surface area contributed by atoms with Crippen LogP contribution in [0, 0.1) is 11.3 Å². The minimum Gasteiger partial charge on any atom is -0.480 e. The van der Waals surface area contributed by atoms with Crippen molar-refractivity contribution in [2.75, 3.05) is 32.7 Å². The third-order valence-electron chi connectivity index (χ3n) is 6.44. The van der Waals surface area contributed by atoms with Crippen LogP contribution in [0.25, 0.3) is 0 Å². The third-order valence-corrected chi connectivity index (χ3v) is 6.44. The molecule has 3 aliphatic rings. The van der Waals surface area contributed by atoms with Crippen LogP contribution in [0.3, 0.4) is 0 Å². The Morgan fingerprint density at radius 3 is 2.59 bits per heavy atom. The topological polar surface area (TPSA) is 79.6 Å². The largest absolute Gasteiger partial charge is 0.480 e. The van der Waals surface area contributed by atoms with E-state index in [0.717, 1.165) is 25.9 Å². The standard InChI is InChI=1S/C21H28N4O2/c22-9-8-21(14-24(15-21)13-20(26)27)25-10-6-17(7-11-25)23-19-12-18(19)16-4-2-1-3-5-16/h1-5,17-19,23H,6-8,10-15H2,(H,26,27)/t18?,19-/m1/s1. The van der Waals surface area contributed by atoms with E-state index in [1.54, 1.807) is 0 Å². The molecule has 1 aromatic rings. The first-order chi connectivity index (χ1) is 13.1. The van der Waals surface area contributed by atoms with Crippen LogP contribution in [0.2, 0.25) is 0 Å². The van der Waals surface area contributed by atoms with Crippen LogP contribution in [0.4, 0.5) is 0 Å². The van der Waals surface area contributed by atoms with Gasteiger partial charge in [0.25, 0.3) is 0 Å². The van der Waals surface area contributed by atoms with Gasteiger partial charge in [0.05, 0.1) is 24.6 Å². The number of carboxylic acids is 1. The molecule has 0 bridgehead atoms. The van der Waals surface area contributed by atoms with Crippen molar-refractivity contribution in [1.29, 1.82) is 5.26 Å². The van der Waals surface area contributed by atoms with Gasteiger partial charge in [0, 0.05) is 44.2 Å². The fourth-order valence-corrected chi connectivity index (χ4v) is 4.93. The van der Waals surface area contributed by atoms with E-state index >= 15 is 0 Å². The highest BCUT2D eigenvalue weighted by atomic mass is 16.4. The van der Waals surface area contributed by atoms with Crippen molar-refractivity contribution in [3.63, 3.8) is 0 Å². The number of nitrogens with zero attached hydrogens (tertiary/aromatic N) is 3. The summed E-state index contributed by atoms with van der Waals surface area (Å²) in [5.74, 6) is -0.133. The van der Waals surface area contributed by atoms with Gasteiger partial charge in [0.1, 0.15) is 0 Å². The first-order valence-corrected chi connectivity index (χ1v) is 9.97. The highest BCUT2D eigenvalue weighted by Crippen LogP contribution is 2.41. The van der Waals surface area contributed by atoms with E-state index in [-0.39, 0.29) is 12.1 Å². The van der Waals surface area contributed by atoms with Crippen LogP contribution in [0.1, 0.15) is 37.2 Å². The molecule has 1 aromatic carbocycles. The Kier molecular flexibility index (Phi) is 5.18. The van der Waals surface area contributed by atoms with Gasteiger partial charge in [0.2, 0.25) is 0 Å². The van der Waals surface area contributed by atoms with Gasteiger partial charge < -0.3 is 10.4 Å². The molecule has 2 heterocycles. The lowest BCUT2D eigenvalue weighted by Crippen LogP contribution is -2.71. The van der Waals surface area contributed by atoms with Gasteiger partial charge in [-0.15, -0.1) is 0 Å². The summed E-state index contributed by atoms with van der Waals surface area (Å²) in [5.41, 5.74) is 1.30. The number of rotatable bonds is 7. The van der Waals surface area contributed by atoms with Crippen molar-refractivity contribution in [2.24, 2.45) is 0 Å². The van der Waals surface area contributed by atoms with E-state index in [0.29, 0.717) is 37.5 Å². The van der Waals surface area contributed by atoms with Crippen molar-refractivity contribution in [3.8, 4) is 6.07 Å². The lowest BCUT2D eigenvalue weighted by atomic mass is 9.82. The van der Waals surface area contributed by atoms with Crippen LogP contribution in [0.15, 0.2) is 30.3 Å². The van der Waals surface area contributed by atoms with Crippen LogP contribution in [-0.2, 0) is 4.79 Å². The molecular weight excluding hydrogens is 340 g/mol. The molecule has 0 radical (unpaired) electrons. The number of hydrogen-bond donors (Lipinski definition) is 2. The predicted octanol–water partition coefficient (Wildman–Crippen LogP) is 1.65. The SMILES string of the molecule is N#CCC1(N2CCC(N[C@@H]3CC3c3ccccc3)CC2)CN(CC(=O)O)C1. The van der Waals surface area contributed by atoms with Gasteiger partial charge in [-0.3, -0.25) is 14.6 Å². The Labute approximate surface area is 160 Å². The second-order valence-electron chi connectivity index (χ2n) is 8.39. The van der Waals surface area contributed by atoms with Crippen LogP contribution in [0.5, 0.6) is 0 Å². The number of nitriles is 1. The van der Waals surface area contributed by atoms with Crippen molar-refractivity contribution in [3.05, 3.63) is 35.9 Å². The van der Waals surface area contributed by atoms with Gasteiger partial charge in [-0.2, -0.15) is 5.26 Å². The average molecular weight is 368 g/mol. The Morgan fingerprint density at radius 2 is 1.96 bits per heavy atom. The zero-order valence-electron chi connectivity index (χ0n) is 15.7. The van der Waals surface area contributed by atoms with Crippen molar-refractivity contribution < 1.29 is 9.90 Å². The maximum atomic E-state index is 10.9. The molecule has 3 fully saturated rings.